The first-order valence-electron chi connectivity index (χ1n) is 5.52. The summed E-state index contributed by atoms with van der Waals surface area (Å²) in [7, 11) is 7.04. The van der Waals surface area contributed by atoms with Crippen molar-refractivity contribution >= 4 is 0 Å². The van der Waals surface area contributed by atoms with Crippen LogP contribution in [-0.2, 0) is 11.3 Å². The number of benzene rings is 1. The highest BCUT2D eigenvalue weighted by molar-refractivity contribution is 5.49. The van der Waals surface area contributed by atoms with E-state index >= 15 is 0 Å². The largest absolute Gasteiger partial charge is 0.496 e. The normalized spacial score (nSPS) is 10.7. The van der Waals surface area contributed by atoms with Crippen LogP contribution >= 0.6 is 0 Å². The van der Waals surface area contributed by atoms with Gasteiger partial charge in [0.1, 0.15) is 11.5 Å². The van der Waals surface area contributed by atoms with Crippen LogP contribution in [0, 0.1) is 6.92 Å². The van der Waals surface area contributed by atoms with Gasteiger partial charge in [0.15, 0.2) is 0 Å². The van der Waals surface area contributed by atoms with Crippen LogP contribution in [0.2, 0.25) is 0 Å². The number of rotatable bonds is 6. The van der Waals surface area contributed by atoms with Gasteiger partial charge in [0.2, 0.25) is 0 Å². The lowest BCUT2D eigenvalue weighted by Gasteiger charge is -2.19. The fraction of sp³-hybridized carbons (Fsp3) is 0.538. The summed E-state index contributed by atoms with van der Waals surface area (Å²) in [5.41, 5.74) is 2.16. The van der Waals surface area contributed by atoms with Gasteiger partial charge in [0.25, 0.3) is 0 Å². The standard InChI is InChI=1S/C13H21NO3/c1-10-12(16-4)7-6-11(13(10)17-5)8-14(2)9-15-3/h6-7H,8-9H2,1-5H3. The summed E-state index contributed by atoms with van der Waals surface area (Å²) < 4.78 is 15.8. The Bertz CT molecular complexity index is 366. The summed E-state index contributed by atoms with van der Waals surface area (Å²) in [6.07, 6.45) is 0. The number of methoxy groups -OCH3 is 3. The molecule has 0 aromatic heterocycles. The van der Waals surface area contributed by atoms with Gasteiger partial charge in [-0.2, -0.15) is 0 Å². The zero-order valence-corrected chi connectivity index (χ0v) is 11.2. The molecule has 0 aliphatic carbocycles. The van der Waals surface area contributed by atoms with Gasteiger partial charge < -0.3 is 14.2 Å². The Morgan fingerprint density at radius 2 is 1.82 bits per heavy atom. The Balaban J connectivity index is 2.96. The van der Waals surface area contributed by atoms with Crippen molar-refractivity contribution in [3.8, 4) is 11.5 Å². The van der Waals surface area contributed by atoms with Crippen molar-refractivity contribution in [1.82, 2.24) is 4.90 Å². The molecule has 0 saturated heterocycles. The van der Waals surface area contributed by atoms with Gasteiger partial charge in [-0.3, -0.25) is 4.90 Å². The molecule has 96 valence electrons. The summed E-state index contributed by atoms with van der Waals surface area (Å²) >= 11 is 0. The van der Waals surface area contributed by atoms with Gasteiger partial charge in [-0.1, -0.05) is 6.07 Å². The minimum Gasteiger partial charge on any atom is -0.496 e. The summed E-state index contributed by atoms with van der Waals surface area (Å²) in [6.45, 7) is 3.37. The summed E-state index contributed by atoms with van der Waals surface area (Å²) in [4.78, 5) is 2.07. The molecule has 4 heteroatoms. The second-order valence-corrected chi connectivity index (χ2v) is 4.02. The second-order valence-electron chi connectivity index (χ2n) is 4.02. The van der Waals surface area contributed by atoms with Crippen LogP contribution in [0.4, 0.5) is 0 Å². The van der Waals surface area contributed by atoms with E-state index in [1.54, 1.807) is 21.3 Å². The number of ether oxygens (including phenoxy) is 3. The first-order chi connectivity index (χ1) is 8.13. The molecule has 17 heavy (non-hydrogen) atoms. The van der Waals surface area contributed by atoms with Crippen LogP contribution in [-0.4, -0.2) is 40.0 Å². The minimum absolute atomic E-state index is 0.591. The Kier molecular flexibility index (Phi) is 5.25. The average molecular weight is 239 g/mol. The lowest BCUT2D eigenvalue weighted by Crippen LogP contribution is -2.20. The van der Waals surface area contributed by atoms with Crippen molar-refractivity contribution in [2.45, 2.75) is 13.5 Å². The predicted molar refractivity (Wildman–Crippen MR) is 67.6 cm³/mol. The highest BCUT2D eigenvalue weighted by Crippen LogP contribution is 2.31. The summed E-state index contributed by atoms with van der Waals surface area (Å²) in [5, 5.41) is 0. The Morgan fingerprint density at radius 3 is 2.35 bits per heavy atom. The van der Waals surface area contributed by atoms with Gasteiger partial charge in [0.05, 0.1) is 21.0 Å². The maximum absolute atomic E-state index is 5.45. The molecule has 1 rings (SSSR count). The molecule has 0 spiro atoms. The van der Waals surface area contributed by atoms with E-state index in [9.17, 15) is 0 Å². The van der Waals surface area contributed by atoms with Gasteiger partial charge in [0, 0.05) is 24.8 Å². The van der Waals surface area contributed by atoms with Crippen molar-refractivity contribution < 1.29 is 14.2 Å². The molecule has 0 atom stereocenters. The summed E-state index contributed by atoms with van der Waals surface area (Å²) in [6, 6.07) is 3.99. The Morgan fingerprint density at radius 1 is 1.12 bits per heavy atom. The lowest BCUT2D eigenvalue weighted by molar-refractivity contribution is 0.0766. The van der Waals surface area contributed by atoms with E-state index in [4.69, 9.17) is 14.2 Å². The Labute approximate surface area is 103 Å². The van der Waals surface area contributed by atoms with E-state index in [1.807, 2.05) is 26.1 Å². The van der Waals surface area contributed by atoms with Crippen LogP contribution < -0.4 is 9.47 Å². The van der Waals surface area contributed by atoms with Crippen molar-refractivity contribution in [2.24, 2.45) is 0 Å². The van der Waals surface area contributed by atoms with Crippen molar-refractivity contribution in [3.05, 3.63) is 23.3 Å². The maximum atomic E-state index is 5.45. The molecule has 0 aliphatic rings. The molecule has 0 bridgehead atoms. The molecular weight excluding hydrogens is 218 g/mol. The molecule has 0 amide bonds. The van der Waals surface area contributed by atoms with Gasteiger partial charge in [-0.05, 0) is 20.0 Å². The molecule has 0 fully saturated rings. The molecule has 0 N–H and O–H groups in total. The van der Waals surface area contributed by atoms with E-state index in [0.717, 1.165) is 29.2 Å². The highest BCUT2D eigenvalue weighted by Gasteiger charge is 2.12. The van der Waals surface area contributed by atoms with Crippen LogP contribution in [0.25, 0.3) is 0 Å². The molecule has 0 aliphatic heterocycles. The number of hydrogen-bond donors (Lipinski definition) is 0. The van der Waals surface area contributed by atoms with Gasteiger partial charge in [-0.25, -0.2) is 0 Å². The third-order valence-electron chi connectivity index (χ3n) is 2.65. The van der Waals surface area contributed by atoms with Crippen molar-refractivity contribution in [3.63, 3.8) is 0 Å². The molecular formula is C13H21NO3. The third kappa shape index (κ3) is 3.35. The first-order valence-corrected chi connectivity index (χ1v) is 5.52. The zero-order valence-electron chi connectivity index (χ0n) is 11.2. The second kappa shape index (κ2) is 6.47. The van der Waals surface area contributed by atoms with E-state index in [0.29, 0.717) is 6.73 Å². The van der Waals surface area contributed by atoms with E-state index < -0.39 is 0 Å². The molecule has 4 nitrogen and oxygen atoms in total. The fourth-order valence-corrected chi connectivity index (χ4v) is 1.92. The van der Waals surface area contributed by atoms with Crippen LogP contribution in [0.1, 0.15) is 11.1 Å². The predicted octanol–water partition coefficient (Wildman–Crippen LogP) is 2.05. The lowest BCUT2D eigenvalue weighted by atomic mass is 10.1. The Hall–Kier alpha value is -1.26. The maximum Gasteiger partial charge on any atom is 0.129 e. The molecule has 1 aromatic rings. The third-order valence-corrected chi connectivity index (χ3v) is 2.65. The molecule has 0 saturated carbocycles. The molecule has 0 radical (unpaired) electrons. The zero-order chi connectivity index (χ0) is 12.8. The first kappa shape index (κ1) is 13.8. The van der Waals surface area contributed by atoms with E-state index in [-0.39, 0.29) is 0 Å². The topological polar surface area (TPSA) is 30.9 Å². The fourth-order valence-electron chi connectivity index (χ4n) is 1.92. The van der Waals surface area contributed by atoms with Crippen molar-refractivity contribution in [1.29, 1.82) is 0 Å². The van der Waals surface area contributed by atoms with Gasteiger partial charge >= 0.3 is 0 Å². The van der Waals surface area contributed by atoms with Crippen molar-refractivity contribution in [2.75, 3.05) is 35.1 Å². The highest BCUT2D eigenvalue weighted by atomic mass is 16.5. The molecule has 0 unspecified atom stereocenters. The monoisotopic (exact) mass is 239 g/mol. The molecule has 0 heterocycles. The molecule has 1 aromatic carbocycles. The smallest absolute Gasteiger partial charge is 0.129 e. The van der Waals surface area contributed by atoms with Crippen LogP contribution in [0.15, 0.2) is 12.1 Å². The minimum atomic E-state index is 0.591. The van der Waals surface area contributed by atoms with E-state index in [2.05, 4.69) is 4.90 Å². The SMILES string of the molecule is COCN(C)Cc1ccc(OC)c(C)c1OC. The summed E-state index contributed by atoms with van der Waals surface area (Å²) in [5.74, 6) is 1.73. The van der Waals surface area contributed by atoms with Crippen LogP contribution in [0.5, 0.6) is 11.5 Å². The van der Waals surface area contributed by atoms with Gasteiger partial charge in [-0.15, -0.1) is 0 Å². The average Bonchev–Trinajstić information content (AvgIpc) is 2.30. The number of nitrogens with zero attached hydrogens (tertiary/aromatic N) is 1. The quantitative estimate of drug-likeness (QED) is 0.711. The van der Waals surface area contributed by atoms with Crippen LogP contribution in [0.3, 0.4) is 0 Å². The van der Waals surface area contributed by atoms with E-state index in [1.165, 1.54) is 0 Å². The number of hydrogen-bond acceptors (Lipinski definition) is 4.